The number of cyclic esters (lactones) is 2. The second kappa shape index (κ2) is 27.4. The lowest BCUT2D eigenvalue weighted by Crippen LogP contribution is -2.62. The van der Waals surface area contributed by atoms with E-state index in [0.29, 0.717) is 36.4 Å². The van der Waals surface area contributed by atoms with Crippen molar-refractivity contribution >= 4 is 47.8 Å². The van der Waals surface area contributed by atoms with Gasteiger partial charge in [0.05, 0.1) is 33.4 Å². The third-order valence-electron chi connectivity index (χ3n) is 17.7. The maximum absolute atomic E-state index is 15.5. The Morgan fingerprint density at radius 2 is 0.554 bits per heavy atom. The van der Waals surface area contributed by atoms with Gasteiger partial charge in [0.25, 0.3) is 0 Å². The molecule has 5 aliphatic rings. The summed E-state index contributed by atoms with van der Waals surface area (Å²) >= 11 is 0. The minimum atomic E-state index is -2.94. The Kier molecular flexibility index (Phi) is 18.3. The predicted octanol–water partition coefficient (Wildman–Crippen LogP) is 2.17. The normalized spacial score (nSPS) is 21.4. The van der Waals surface area contributed by atoms with Crippen LogP contribution in [-0.2, 0) is 47.4 Å². The van der Waals surface area contributed by atoms with E-state index in [-0.39, 0.29) is 24.3 Å². The molecule has 5 heterocycles. The first-order valence-corrected chi connectivity index (χ1v) is 31.2. The van der Waals surface area contributed by atoms with Crippen molar-refractivity contribution in [2.45, 2.75) is 61.4 Å². The molecule has 44 nitrogen and oxygen atoms in total. The molecule has 584 valence electrons. The van der Waals surface area contributed by atoms with Crippen LogP contribution in [0.5, 0.6) is 149 Å². The monoisotopic (exact) mass is 1570 g/mol. The zero-order valence-corrected chi connectivity index (χ0v) is 54.9. The number of benzene rings is 8. The number of esters is 8. The quantitative estimate of drug-likeness (QED) is 0.0682. The van der Waals surface area contributed by atoms with E-state index in [1.165, 1.54) is 0 Å². The molecule has 0 amide bonds. The number of phenolic OH excluding ortho intramolecular Hbond substituents is 22. The van der Waals surface area contributed by atoms with Crippen LogP contribution in [0.4, 0.5) is 0 Å². The first kappa shape index (κ1) is 74.8. The Morgan fingerprint density at radius 1 is 0.295 bits per heavy atom. The highest BCUT2D eigenvalue weighted by Gasteiger charge is 2.56. The molecule has 0 aromatic heterocycles. The first-order chi connectivity index (χ1) is 52.8. The van der Waals surface area contributed by atoms with Crippen molar-refractivity contribution in [3.8, 4) is 172 Å². The van der Waals surface area contributed by atoms with Gasteiger partial charge < -0.3 is 179 Å². The van der Waals surface area contributed by atoms with Crippen molar-refractivity contribution in [1.29, 1.82) is 0 Å². The molecule has 10 unspecified atom stereocenters. The van der Waals surface area contributed by atoms with Gasteiger partial charge in [-0.1, -0.05) is 0 Å². The van der Waals surface area contributed by atoms with Gasteiger partial charge in [-0.15, -0.1) is 0 Å². The third kappa shape index (κ3) is 12.4. The number of ether oxygens (including phenoxy) is 12. The molecule has 8 aromatic carbocycles. The zero-order chi connectivity index (χ0) is 81.3. The van der Waals surface area contributed by atoms with Crippen molar-refractivity contribution in [3.05, 3.63) is 105 Å². The van der Waals surface area contributed by atoms with Gasteiger partial charge in [-0.2, -0.15) is 0 Å². The summed E-state index contributed by atoms with van der Waals surface area (Å²) in [7, 11) is 0. The summed E-state index contributed by atoms with van der Waals surface area (Å²) in [5.74, 6) is -56.8. The van der Waals surface area contributed by atoms with E-state index >= 15 is 19.2 Å². The van der Waals surface area contributed by atoms with Gasteiger partial charge in [0.1, 0.15) is 36.5 Å². The fourth-order valence-electron chi connectivity index (χ4n) is 12.3. The molecule has 0 saturated carbocycles. The van der Waals surface area contributed by atoms with E-state index in [9.17, 15) is 142 Å². The third-order valence-corrected chi connectivity index (χ3v) is 17.7. The van der Waals surface area contributed by atoms with Gasteiger partial charge in [0.2, 0.25) is 46.0 Å². The van der Waals surface area contributed by atoms with Gasteiger partial charge in [-0.3, -0.25) is 0 Å². The van der Waals surface area contributed by atoms with Crippen LogP contribution < -0.4 is 9.47 Å². The van der Waals surface area contributed by atoms with Crippen LogP contribution in [0.1, 0.15) is 82.9 Å². The Hall–Kier alpha value is -15.4. The Labute approximate surface area is 615 Å². The van der Waals surface area contributed by atoms with E-state index in [1.807, 2.05) is 0 Å². The second-order valence-corrected chi connectivity index (χ2v) is 24.4. The average molecular weight is 1570 g/mol. The molecule has 0 aliphatic carbocycles. The number of carbonyl (C=O) groups excluding carboxylic acids is 8. The second-order valence-electron chi connectivity index (χ2n) is 24.4. The van der Waals surface area contributed by atoms with Gasteiger partial charge >= 0.3 is 47.8 Å². The highest BCUT2D eigenvalue weighted by Crippen LogP contribution is 2.59. The minimum absolute atomic E-state index is 0.146. The lowest BCUT2D eigenvalue weighted by atomic mass is 9.91. The smallest absolute Gasteiger partial charge is 0.342 e. The lowest BCUT2D eigenvalue weighted by molar-refractivity contribution is -0.284. The molecule has 112 heavy (non-hydrogen) atoms. The molecule has 2 fully saturated rings. The van der Waals surface area contributed by atoms with Crippen LogP contribution in [-0.4, -0.2) is 245 Å². The molecule has 0 spiro atoms. The molecule has 8 bridgehead atoms. The number of hydrogen-bond donors (Lipinski definition) is 24. The van der Waals surface area contributed by atoms with Gasteiger partial charge in [-0.25, -0.2) is 38.4 Å². The molecule has 13 rings (SSSR count). The van der Waals surface area contributed by atoms with Gasteiger partial charge in [-0.05, 0) is 36.4 Å². The zero-order valence-electron chi connectivity index (χ0n) is 54.9. The fourth-order valence-corrected chi connectivity index (χ4v) is 12.3. The van der Waals surface area contributed by atoms with E-state index < -0.39 is 339 Å². The Balaban J connectivity index is 1.08. The number of aromatic hydroxyl groups is 22. The van der Waals surface area contributed by atoms with Gasteiger partial charge in [0.15, 0.2) is 153 Å². The Morgan fingerprint density at radius 3 is 0.875 bits per heavy atom. The van der Waals surface area contributed by atoms with E-state index in [4.69, 9.17) is 56.8 Å². The molecule has 8 aromatic rings. The van der Waals surface area contributed by atoms with E-state index in [2.05, 4.69) is 0 Å². The number of aliphatic hydroxyl groups excluding tert-OH is 2. The fraction of sp³-hybridized carbons (Fsp3) is 0.176. The van der Waals surface area contributed by atoms with Crippen molar-refractivity contribution in [1.82, 2.24) is 0 Å². The maximum Gasteiger partial charge on any atom is 0.342 e. The summed E-state index contributed by atoms with van der Waals surface area (Å²) < 4.78 is 67.7. The van der Waals surface area contributed by atoms with Crippen LogP contribution in [0, 0.1) is 0 Å². The summed E-state index contributed by atoms with van der Waals surface area (Å²) in [4.78, 5) is 119. The summed E-state index contributed by atoms with van der Waals surface area (Å²) in [6, 6.07) is 2.94. The van der Waals surface area contributed by atoms with Crippen LogP contribution >= 0.6 is 0 Å². The number of rotatable bonds is 4. The number of hydrogen-bond acceptors (Lipinski definition) is 44. The minimum Gasteiger partial charge on any atom is -0.504 e. The standard InChI is InChI=1S/C68H48O44/c69-21-1-13(2-22(70)37(21)77)59(91)109-55-53-31-11-101-61(93)15-5-25(73)39(79)45(85)33(15)35-17(63(95)107-53)9-29(43(83)47(35)87)104-52-20(8-28(76)42(82)50(52)90)66(98)112-58-56(110-60(92)14-3-23(71)38(78)24(72)4-14)54-32(106-68(58)100)12-102-62(94)16-6-26(74)40(80)46(86)34(16)36-18(64(96)108-54)10-30(44(84)48(36)88)103-51-19(7-27(75)41(81)49(51)89)65(97)111-57(55)67(99)105-31/h1-10,31-32,53-58,67-90,99-100H,11-12H2. The van der Waals surface area contributed by atoms with E-state index in [1.54, 1.807) is 0 Å². The topological polar surface area (TPSA) is 733 Å². The molecular weight excluding hydrogens is 1520 g/mol. The summed E-state index contributed by atoms with van der Waals surface area (Å²) in [6.07, 6.45) is -27.8. The first-order valence-electron chi connectivity index (χ1n) is 31.2. The van der Waals surface area contributed by atoms with Crippen LogP contribution in [0.25, 0.3) is 22.3 Å². The summed E-state index contributed by atoms with van der Waals surface area (Å²) in [6.45, 7) is -2.92. The van der Waals surface area contributed by atoms with Crippen LogP contribution in [0.15, 0.2) is 60.7 Å². The molecule has 24 N–H and O–H groups in total. The van der Waals surface area contributed by atoms with E-state index in [0.717, 1.165) is 0 Å². The van der Waals surface area contributed by atoms with Crippen LogP contribution in [0.3, 0.4) is 0 Å². The lowest BCUT2D eigenvalue weighted by Gasteiger charge is -2.43. The number of phenols is 22. The SMILES string of the molecule is O=C(OC1C2OC(=O)c3cc(O)c(O)c(O)c3Oc3cc4c(c(O)c3O)-c3c(cc(O)c(O)c3O)C(=O)OCC3OC(O)C(OC(=O)c5cc(O)c(O)c(O)c5Oc5cc6c(c(O)c5O)-c5c(cc(O)c(O)c5O)C(=O)OCC(OC2O)C1OC6=O)C(OC(=O)c1cc(O)c(O)c(O)c1)C3OC4=O)c1cc(O)c(O)c(O)c1. The number of aliphatic hydroxyl groups is 2. The van der Waals surface area contributed by atoms with Crippen LogP contribution in [0.2, 0.25) is 0 Å². The largest absolute Gasteiger partial charge is 0.504 e. The number of fused-ring (bicyclic) bond motifs is 12. The van der Waals surface area contributed by atoms with Crippen molar-refractivity contribution < 1.29 is 218 Å². The average Bonchev–Trinajstić information content (AvgIpc) is 1.04. The van der Waals surface area contributed by atoms with Crippen molar-refractivity contribution in [2.24, 2.45) is 0 Å². The maximum atomic E-state index is 15.5. The molecule has 2 saturated heterocycles. The van der Waals surface area contributed by atoms with Crippen molar-refractivity contribution in [2.75, 3.05) is 13.2 Å². The molecule has 5 aliphatic heterocycles. The summed E-state index contributed by atoms with van der Waals surface area (Å²) in [5, 5.41) is 269. The van der Waals surface area contributed by atoms with Crippen molar-refractivity contribution in [3.63, 3.8) is 0 Å². The molecule has 44 heteroatoms. The van der Waals surface area contributed by atoms with Gasteiger partial charge in [0, 0.05) is 46.5 Å². The summed E-state index contributed by atoms with van der Waals surface area (Å²) in [5.41, 5.74) is -16.0. The highest BCUT2D eigenvalue weighted by molar-refractivity contribution is 6.10. The Bertz CT molecular complexity index is 5090. The molecular formula is C68H48O44. The molecule has 0 radical (unpaired) electrons. The number of carbonyl (C=O) groups is 8. The predicted molar refractivity (Wildman–Crippen MR) is 344 cm³/mol. The highest BCUT2D eigenvalue weighted by atomic mass is 16.7. The molecule has 10 atom stereocenters.